The van der Waals surface area contributed by atoms with Crippen molar-refractivity contribution in [1.29, 1.82) is 0 Å². The van der Waals surface area contributed by atoms with Gasteiger partial charge >= 0.3 is 0 Å². The van der Waals surface area contributed by atoms with Crippen LogP contribution in [0.15, 0.2) is 41.0 Å². The molecule has 1 aromatic carbocycles. The molecule has 0 bridgehead atoms. The van der Waals surface area contributed by atoms with E-state index >= 15 is 0 Å². The van der Waals surface area contributed by atoms with Gasteiger partial charge in [-0.2, -0.15) is 0 Å². The number of hydrogen-bond acceptors (Lipinski definition) is 2. The van der Waals surface area contributed by atoms with E-state index in [2.05, 4.69) is 52.8 Å². The van der Waals surface area contributed by atoms with Gasteiger partial charge in [0.25, 0.3) is 0 Å². The Balaban J connectivity index is 1.77. The second-order valence-electron chi connectivity index (χ2n) is 9.91. The molecule has 0 unspecified atom stereocenters. The van der Waals surface area contributed by atoms with Crippen molar-refractivity contribution >= 4 is 5.78 Å². The number of carbonyl (C=O) groups is 1. The van der Waals surface area contributed by atoms with Crippen molar-refractivity contribution in [3.63, 3.8) is 0 Å². The number of hydrogen-bond donors (Lipinski definition) is 0. The van der Waals surface area contributed by atoms with E-state index in [1.165, 1.54) is 47.1 Å². The predicted molar refractivity (Wildman–Crippen MR) is 126 cm³/mol. The van der Waals surface area contributed by atoms with Crippen LogP contribution in [0.25, 0.3) is 0 Å². The second kappa shape index (κ2) is 9.98. The summed E-state index contributed by atoms with van der Waals surface area (Å²) in [7, 11) is 1.72. The molecule has 1 fully saturated rings. The number of Topliss-reactive ketones (excluding diaryl/α,β-unsaturated/α-hetero) is 1. The minimum Gasteiger partial charge on any atom is -0.497 e. The molecule has 2 aliphatic rings. The summed E-state index contributed by atoms with van der Waals surface area (Å²) in [5.41, 5.74) is 6.69. The fraction of sp³-hybridized carbons (Fsp3) is 0.607. The summed E-state index contributed by atoms with van der Waals surface area (Å²) < 4.78 is 5.41. The van der Waals surface area contributed by atoms with Crippen molar-refractivity contribution in [2.45, 2.75) is 79.6 Å². The second-order valence-corrected chi connectivity index (χ2v) is 9.91. The van der Waals surface area contributed by atoms with E-state index in [1.54, 1.807) is 7.11 Å². The van der Waals surface area contributed by atoms with Crippen LogP contribution in [-0.4, -0.2) is 12.9 Å². The molecule has 1 saturated carbocycles. The molecule has 164 valence electrons. The SMILES string of the molecule is COc1ccc(C)c(CCC2=C3[C@H](CCC2=O)C[C@H]([C@H](C)CCC=C(C)C)[C@H]3C)c1. The number of benzene rings is 1. The van der Waals surface area contributed by atoms with Crippen molar-refractivity contribution in [2.75, 3.05) is 7.11 Å². The third-order valence-electron chi connectivity index (χ3n) is 7.64. The Bertz CT molecular complexity index is 825. The van der Waals surface area contributed by atoms with Crippen LogP contribution in [-0.2, 0) is 11.2 Å². The molecule has 0 radical (unpaired) electrons. The molecule has 0 aliphatic heterocycles. The fourth-order valence-corrected chi connectivity index (χ4v) is 5.84. The van der Waals surface area contributed by atoms with E-state index in [0.29, 0.717) is 23.5 Å². The molecule has 2 nitrogen and oxygen atoms in total. The molecule has 0 spiro atoms. The van der Waals surface area contributed by atoms with Gasteiger partial charge in [-0.25, -0.2) is 0 Å². The topological polar surface area (TPSA) is 26.3 Å². The van der Waals surface area contributed by atoms with Crippen molar-refractivity contribution in [2.24, 2.45) is 23.7 Å². The van der Waals surface area contributed by atoms with E-state index in [9.17, 15) is 4.79 Å². The Morgan fingerprint density at radius 3 is 2.73 bits per heavy atom. The Kier molecular flexibility index (Phi) is 7.60. The first-order valence-electron chi connectivity index (χ1n) is 11.8. The van der Waals surface area contributed by atoms with Crippen LogP contribution < -0.4 is 4.74 Å². The van der Waals surface area contributed by atoms with E-state index in [1.807, 2.05) is 6.07 Å². The lowest BCUT2D eigenvalue weighted by Crippen LogP contribution is -2.20. The van der Waals surface area contributed by atoms with Crippen LogP contribution in [0.1, 0.15) is 77.3 Å². The van der Waals surface area contributed by atoms with Crippen LogP contribution in [0.3, 0.4) is 0 Å². The standard InChI is InChI=1S/C28H40O2/c1-18(2)8-7-9-20(4)26-17-23-12-15-27(29)25(28(23)21(26)5)14-11-22-16-24(30-6)13-10-19(22)3/h8,10,13,16,20-21,23,26H,7,9,11-12,14-15,17H2,1-6H3/t20-,21-,23-,26-/m1/s1. The van der Waals surface area contributed by atoms with Gasteiger partial charge < -0.3 is 4.74 Å². The quantitative estimate of drug-likeness (QED) is 0.423. The third kappa shape index (κ3) is 5.07. The predicted octanol–water partition coefficient (Wildman–Crippen LogP) is 7.25. The van der Waals surface area contributed by atoms with Gasteiger partial charge in [0.15, 0.2) is 5.78 Å². The maximum atomic E-state index is 12.9. The van der Waals surface area contributed by atoms with Gasteiger partial charge in [-0.3, -0.25) is 4.79 Å². The van der Waals surface area contributed by atoms with Gasteiger partial charge in [-0.05, 0) is 112 Å². The summed E-state index contributed by atoms with van der Waals surface area (Å²) in [5, 5.41) is 0. The number of methoxy groups -OCH3 is 1. The molecule has 2 aliphatic carbocycles. The smallest absolute Gasteiger partial charge is 0.158 e. The van der Waals surface area contributed by atoms with E-state index < -0.39 is 0 Å². The molecular weight excluding hydrogens is 368 g/mol. The van der Waals surface area contributed by atoms with Gasteiger partial charge in [-0.15, -0.1) is 0 Å². The first kappa shape index (κ1) is 22.8. The van der Waals surface area contributed by atoms with Crippen molar-refractivity contribution in [3.8, 4) is 5.75 Å². The van der Waals surface area contributed by atoms with Crippen molar-refractivity contribution in [1.82, 2.24) is 0 Å². The van der Waals surface area contributed by atoms with Crippen LogP contribution in [0.4, 0.5) is 0 Å². The largest absolute Gasteiger partial charge is 0.497 e. The average molecular weight is 409 g/mol. The van der Waals surface area contributed by atoms with Gasteiger partial charge in [0.1, 0.15) is 5.75 Å². The first-order chi connectivity index (χ1) is 14.3. The fourth-order valence-electron chi connectivity index (χ4n) is 5.84. The van der Waals surface area contributed by atoms with Gasteiger partial charge in [-0.1, -0.05) is 37.1 Å². The molecule has 0 saturated heterocycles. The summed E-state index contributed by atoms with van der Waals surface area (Å²) >= 11 is 0. The lowest BCUT2D eigenvalue weighted by atomic mass is 9.78. The Morgan fingerprint density at radius 2 is 2.03 bits per heavy atom. The zero-order valence-electron chi connectivity index (χ0n) is 19.9. The summed E-state index contributed by atoms with van der Waals surface area (Å²) in [4.78, 5) is 12.9. The highest BCUT2D eigenvalue weighted by Crippen LogP contribution is 2.51. The summed E-state index contributed by atoms with van der Waals surface area (Å²) in [6.07, 6.45) is 9.69. The highest BCUT2D eigenvalue weighted by atomic mass is 16.5. The molecule has 2 heteroatoms. The number of aryl methyl sites for hydroxylation is 2. The Labute approximate surface area is 183 Å². The zero-order chi connectivity index (χ0) is 21.8. The molecule has 0 aromatic heterocycles. The van der Waals surface area contributed by atoms with Crippen LogP contribution in [0.2, 0.25) is 0 Å². The molecule has 30 heavy (non-hydrogen) atoms. The zero-order valence-corrected chi connectivity index (χ0v) is 19.9. The Morgan fingerprint density at radius 1 is 1.27 bits per heavy atom. The molecular formula is C28H40O2. The van der Waals surface area contributed by atoms with Crippen molar-refractivity contribution in [3.05, 3.63) is 52.1 Å². The van der Waals surface area contributed by atoms with Crippen LogP contribution in [0.5, 0.6) is 5.75 Å². The van der Waals surface area contributed by atoms with Crippen LogP contribution >= 0.6 is 0 Å². The minimum atomic E-state index is 0.409. The number of ketones is 1. The number of ether oxygens (including phenoxy) is 1. The first-order valence-corrected chi connectivity index (χ1v) is 11.8. The molecule has 1 aromatic rings. The van der Waals surface area contributed by atoms with Gasteiger partial charge in [0.2, 0.25) is 0 Å². The highest BCUT2D eigenvalue weighted by Gasteiger charge is 2.42. The maximum Gasteiger partial charge on any atom is 0.158 e. The lowest BCUT2D eigenvalue weighted by molar-refractivity contribution is -0.116. The summed E-state index contributed by atoms with van der Waals surface area (Å²) in [5.74, 6) is 3.92. The van der Waals surface area contributed by atoms with Crippen molar-refractivity contribution < 1.29 is 9.53 Å². The molecule has 0 amide bonds. The average Bonchev–Trinajstić information content (AvgIpc) is 3.05. The summed E-state index contributed by atoms with van der Waals surface area (Å²) in [6.45, 7) is 11.3. The molecule has 0 heterocycles. The Hall–Kier alpha value is -1.83. The molecule has 0 N–H and O–H groups in total. The highest BCUT2D eigenvalue weighted by molar-refractivity contribution is 5.97. The molecule has 3 rings (SSSR count). The summed E-state index contributed by atoms with van der Waals surface area (Å²) in [6, 6.07) is 6.28. The minimum absolute atomic E-state index is 0.409. The van der Waals surface area contributed by atoms with E-state index in [-0.39, 0.29) is 0 Å². The molecule has 4 atom stereocenters. The number of rotatable bonds is 8. The lowest BCUT2D eigenvalue weighted by Gasteiger charge is -2.26. The number of carbonyl (C=O) groups excluding carboxylic acids is 1. The maximum absolute atomic E-state index is 12.9. The van der Waals surface area contributed by atoms with Gasteiger partial charge in [0.05, 0.1) is 7.11 Å². The van der Waals surface area contributed by atoms with E-state index in [4.69, 9.17) is 4.74 Å². The van der Waals surface area contributed by atoms with E-state index in [0.717, 1.165) is 37.4 Å². The normalized spacial score (nSPS) is 24.6. The van der Waals surface area contributed by atoms with Gasteiger partial charge in [0, 0.05) is 6.42 Å². The monoisotopic (exact) mass is 408 g/mol. The number of fused-ring (bicyclic) bond motifs is 1. The van der Waals surface area contributed by atoms with Crippen LogP contribution in [0, 0.1) is 30.6 Å². The number of allylic oxidation sites excluding steroid dienone is 4. The third-order valence-corrected chi connectivity index (χ3v) is 7.64.